The summed E-state index contributed by atoms with van der Waals surface area (Å²) in [5.41, 5.74) is 1.91. The third-order valence-corrected chi connectivity index (χ3v) is 5.45. The zero-order valence-electron chi connectivity index (χ0n) is 14.1. The van der Waals surface area contributed by atoms with Gasteiger partial charge in [0.2, 0.25) is 0 Å². The van der Waals surface area contributed by atoms with Crippen molar-refractivity contribution >= 4 is 23.4 Å². The SMILES string of the molecule is Cn1c(SC[C@@H]2CO[C@@H](c3ccc(Cl)cc3)O2)nnc1-c1cccnc1. The summed E-state index contributed by atoms with van der Waals surface area (Å²) >= 11 is 7.52. The van der Waals surface area contributed by atoms with Crippen molar-refractivity contribution in [1.29, 1.82) is 0 Å². The minimum absolute atomic E-state index is 0.000722. The van der Waals surface area contributed by atoms with Crippen LogP contribution >= 0.6 is 23.4 Å². The number of hydrogen-bond acceptors (Lipinski definition) is 6. The molecular weight excluding hydrogens is 372 g/mol. The molecule has 0 radical (unpaired) electrons. The molecule has 0 saturated carbocycles. The molecule has 8 heteroatoms. The molecule has 0 amide bonds. The molecule has 0 unspecified atom stereocenters. The lowest BCUT2D eigenvalue weighted by Crippen LogP contribution is -2.13. The van der Waals surface area contributed by atoms with E-state index >= 15 is 0 Å². The molecule has 0 spiro atoms. The topological polar surface area (TPSA) is 62.1 Å². The van der Waals surface area contributed by atoms with Crippen LogP contribution in [0.5, 0.6) is 0 Å². The zero-order chi connectivity index (χ0) is 17.9. The monoisotopic (exact) mass is 388 g/mol. The van der Waals surface area contributed by atoms with Crippen molar-refractivity contribution in [2.75, 3.05) is 12.4 Å². The quantitative estimate of drug-likeness (QED) is 0.620. The van der Waals surface area contributed by atoms with Gasteiger partial charge in [0.05, 0.1) is 12.7 Å². The van der Waals surface area contributed by atoms with Crippen molar-refractivity contribution in [3.63, 3.8) is 0 Å². The summed E-state index contributed by atoms with van der Waals surface area (Å²) in [5, 5.41) is 10.1. The average molecular weight is 389 g/mol. The number of aromatic nitrogens is 4. The Kier molecular flexibility index (Phi) is 5.21. The molecule has 0 aliphatic carbocycles. The second-order valence-electron chi connectivity index (χ2n) is 5.89. The standard InChI is InChI=1S/C18H17ClN4O2S/c1-23-16(13-3-2-8-20-9-13)21-22-18(23)26-11-15-10-24-17(25-15)12-4-6-14(19)7-5-12/h2-9,15,17H,10-11H2,1H3/t15-,17+/m0/s1. The van der Waals surface area contributed by atoms with E-state index < -0.39 is 0 Å². The molecule has 26 heavy (non-hydrogen) atoms. The van der Waals surface area contributed by atoms with E-state index in [9.17, 15) is 0 Å². The maximum Gasteiger partial charge on any atom is 0.191 e. The van der Waals surface area contributed by atoms with E-state index in [-0.39, 0.29) is 12.4 Å². The van der Waals surface area contributed by atoms with E-state index in [0.717, 1.165) is 27.9 Å². The van der Waals surface area contributed by atoms with Crippen molar-refractivity contribution in [1.82, 2.24) is 19.7 Å². The van der Waals surface area contributed by atoms with Gasteiger partial charge >= 0.3 is 0 Å². The number of halogens is 1. The van der Waals surface area contributed by atoms with Crippen molar-refractivity contribution in [2.45, 2.75) is 17.6 Å². The van der Waals surface area contributed by atoms with Crippen LogP contribution < -0.4 is 0 Å². The van der Waals surface area contributed by atoms with Crippen LogP contribution in [0, 0.1) is 0 Å². The molecule has 6 nitrogen and oxygen atoms in total. The fourth-order valence-corrected chi connectivity index (χ4v) is 3.70. The van der Waals surface area contributed by atoms with Crippen LogP contribution in [0.3, 0.4) is 0 Å². The Morgan fingerprint density at radius 2 is 2.08 bits per heavy atom. The molecular formula is C18H17ClN4O2S. The molecule has 2 atom stereocenters. The molecule has 1 aliphatic heterocycles. The van der Waals surface area contributed by atoms with Crippen molar-refractivity contribution in [2.24, 2.45) is 7.05 Å². The fourth-order valence-electron chi connectivity index (χ4n) is 2.68. The number of nitrogens with zero attached hydrogens (tertiary/aromatic N) is 4. The Morgan fingerprint density at radius 1 is 1.23 bits per heavy atom. The highest BCUT2D eigenvalue weighted by Crippen LogP contribution is 2.31. The van der Waals surface area contributed by atoms with Crippen LogP contribution in [0.1, 0.15) is 11.9 Å². The molecule has 3 aromatic rings. The van der Waals surface area contributed by atoms with Gasteiger partial charge < -0.3 is 14.0 Å². The minimum Gasteiger partial charge on any atom is -0.346 e. The molecule has 0 bridgehead atoms. The highest BCUT2D eigenvalue weighted by atomic mass is 35.5. The number of rotatable bonds is 5. The molecule has 4 rings (SSSR count). The number of benzene rings is 1. The predicted octanol–water partition coefficient (Wildman–Crippen LogP) is 3.74. The van der Waals surface area contributed by atoms with E-state index in [1.165, 1.54) is 0 Å². The first-order valence-electron chi connectivity index (χ1n) is 8.16. The fraction of sp³-hybridized carbons (Fsp3) is 0.278. The van der Waals surface area contributed by atoms with E-state index in [4.69, 9.17) is 21.1 Å². The lowest BCUT2D eigenvalue weighted by molar-refractivity contribution is -0.0565. The van der Waals surface area contributed by atoms with E-state index in [2.05, 4.69) is 15.2 Å². The number of hydrogen-bond donors (Lipinski definition) is 0. The molecule has 3 heterocycles. The molecule has 134 valence electrons. The number of pyridine rings is 1. The third kappa shape index (κ3) is 3.76. The normalized spacial score (nSPS) is 19.8. The van der Waals surface area contributed by atoms with Gasteiger partial charge in [0.25, 0.3) is 0 Å². The molecule has 1 aliphatic rings. The summed E-state index contributed by atoms with van der Waals surface area (Å²) in [6.45, 7) is 0.549. The number of ether oxygens (including phenoxy) is 2. The van der Waals surface area contributed by atoms with E-state index in [0.29, 0.717) is 11.6 Å². The molecule has 1 saturated heterocycles. The maximum atomic E-state index is 5.99. The summed E-state index contributed by atoms with van der Waals surface area (Å²) in [6.07, 6.45) is 3.18. The smallest absolute Gasteiger partial charge is 0.191 e. The molecule has 1 aromatic carbocycles. The highest BCUT2D eigenvalue weighted by molar-refractivity contribution is 7.99. The predicted molar refractivity (Wildman–Crippen MR) is 100.0 cm³/mol. The lowest BCUT2D eigenvalue weighted by Gasteiger charge is -2.11. The van der Waals surface area contributed by atoms with Crippen molar-refractivity contribution in [3.05, 3.63) is 59.4 Å². The maximum absolute atomic E-state index is 5.99. The molecule has 2 aromatic heterocycles. The van der Waals surface area contributed by atoms with Gasteiger partial charge in [0.1, 0.15) is 0 Å². The highest BCUT2D eigenvalue weighted by Gasteiger charge is 2.28. The summed E-state index contributed by atoms with van der Waals surface area (Å²) in [5.74, 6) is 1.53. The Labute approximate surface area is 160 Å². The van der Waals surface area contributed by atoms with Gasteiger partial charge in [-0.2, -0.15) is 0 Å². The van der Waals surface area contributed by atoms with Crippen LogP contribution in [0.25, 0.3) is 11.4 Å². The number of thioether (sulfide) groups is 1. The summed E-state index contributed by atoms with van der Waals surface area (Å²) in [4.78, 5) is 4.13. The second-order valence-corrected chi connectivity index (χ2v) is 7.32. The summed E-state index contributed by atoms with van der Waals surface area (Å²) in [7, 11) is 1.95. The van der Waals surface area contributed by atoms with Crippen LogP contribution in [0.4, 0.5) is 0 Å². The van der Waals surface area contributed by atoms with Gasteiger partial charge in [-0.1, -0.05) is 35.5 Å². The van der Waals surface area contributed by atoms with Gasteiger partial charge in [-0.05, 0) is 24.3 Å². The van der Waals surface area contributed by atoms with E-state index in [1.54, 1.807) is 24.2 Å². The Bertz CT molecular complexity index is 873. The van der Waals surface area contributed by atoms with Crippen molar-refractivity contribution < 1.29 is 9.47 Å². The van der Waals surface area contributed by atoms with Crippen LogP contribution in [-0.4, -0.2) is 38.2 Å². The van der Waals surface area contributed by atoms with Gasteiger partial charge in [-0.25, -0.2) is 0 Å². The van der Waals surface area contributed by atoms with Crippen LogP contribution in [0.15, 0.2) is 53.9 Å². The molecule has 0 N–H and O–H groups in total. The molecule has 1 fully saturated rings. The first-order chi connectivity index (χ1) is 12.7. The first kappa shape index (κ1) is 17.5. The van der Waals surface area contributed by atoms with Gasteiger partial charge in [-0.15, -0.1) is 10.2 Å². The van der Waals surface area contributed by atoms with Gasteiger partial charge in [0, 0.05) is 41.3 Å². The summed E-state index contributed by atoms with van der Waals surface area (Å²) in [6, 6.07) is 11.4. The second kappa shape index (κ2) is 7.75. The summed E-state index contributed by atoms with van der Waals surface area (Å²) < 4.78 is 13.7. The Hall–Kier alpha value is -1.93. The van der Waals surface area contributed by atoms with Gasteiger partial charge in [0.15, 0.2) is 17.3 Å². The van der Waals surface area contributed by atoms with Crippen molar-refractivity contribution in [3.8, 4) is 11.4 Å². The lowest BCUT2D eigenvalue weighted by atomic mass is 10.2. The minimum atomic E-state index is -0.344. The van der Waals surface area contributed by atoms with Gasteiger partial charge in [-0.3, -0.25) is 4.98 Å². The first-order valence-corrected chi connectivity index (χ1v) is 9.52. The average Bonchev–Trinajstić information content (AvgIpc) is 3.28. The third-order valence-electron chi connectivity index (χ3n) is 4.04. The zero-order valence-corrected chi connectivity index (χ0v) is 15.7. The largest absolute Gasteiger partial charge is 0.346 e. The Balaban J connectivity index is 1.37. The Morgan fingerprint density at radius 3 is 2.85 bits per heavy atom. The van der Waals surface area contributed by atoms with E-state index in [1.807, 2.05) is 48.0 Å². The van der Waals surface area contributed by atoms with Crippen LogP contribution in [0.2, 0.25) is 5.02 Å². The van der Waals surface area contributed by atoms with Crippen LogP contribution in [-0.2, 0) is 16.5 Å².